The summed E-state index contributed by atoms with van der Waals surface area (Å²) in [5.74, 6) is -0.0701. The molecule has 0 saturated carbocycles. The molecule has 0 saturated heterocycles. The lowest BCUT2D eigenvalue weighted by atomic mass is 10.2. The molecular weight excluding hydrogens is 381 g/mol. The number of carbonyl (C=O) groups excluding carboxylic acids is 1. The quantitative estimate of drug-likeness (QED) is 0.705. The number of hydrogen-bond acceptors (Lipinski definition) is 7. The van der Waals surface area contributed by atoms with E-state index in [4.69, 9.17) is 9.26 Å². The summed E-state index contributed by atoms with van der Waals surface area (Å²) in [5.41, 5.74) is -0.839. The highest BCUT2D eigenvalue weighted by molar-refractivity contribution is 5.92. The Morgan fingerprint density at radius 1 is 1.36 bits per heavy atom. The lowest BCUT2D eigenvalue weighted by Crippen LogP contribution is -2.29. The lowest BCUT2D eigenvalue weighted by molar-refractivity contribution is -0.141. The highest BCUT2D eigenvalue weighted by Crippen LogP contribution is 2.28. The average Bonchev–Trinajstić information content (AvgIpc) is 3.28. The first-order chi connectivity index (χ1) is 13.2. The van der Waals surface area contributed by atoms with E-state index in [1.165, 1.54) is 20.4 Å². The molecule has 3 heterocycles. The smallest absolute Gasteiger partial charge is 0.435 e. The van der Waals surface area contributed by atoms with Gasteiger partial charge in [-0.05, 0) is 13.0 Å². The van der Waals surface area contributed by atoms with Crippen LogP contribution in [0.4, 0.5) is 13.2 Å². The summed E-state index contributed by atoms with van der Waals surface area (Å²) >= 11 is 0. The third-order valence-corrected chi connectivity index (χ3v) is 3.77. The van der Waals surface area contributed by atoms with Crippen molar-refractivity contribution in [3.05, 3.63) is 41.6 Å². The van der Waals surface area contributed by atoms with Crippen LogP contribution >= 0.6 is 0 Å². The molecule has 0 aromatic carbocycles. The van der Waals surface area contributed by atoms with Crippen molar-refractivity contribution < 1.29 is 27.2 Å². The number of rotatable bonds is 5. The normalized spacial score (nSPS) is 12.6. The Morgan fingerprint density at radius 3 is 2.75 bits per heavy atom. The van der Waals surface area contributed by atoms with Crippen molar-refractivity contribution >= 4 is 5.91 Å². The monoisotopic (exact) mass is 396 g/mol. The van der Waals surface area contributed by atoms with Gasteiger partial charge in [-0.25, -0.2) is 4.98 Å². The maximum Gasteiger partial charge on any atom is 0.435 e. The number of carbonyl (C=O) groups is 1. The van der Waals surface area contributed by atoms with E-state index in [0.717, 1.165) is 4.68 Å². The molecule has 0 aliphatic heterocycles. The standard InChI is InChI=1S/C16H15F3N6O3/c1-8(21-14(26)10-7-11(16(17,18)19)23-25(10)2)13-22-15(28-24-13)9-4-5-20-12(6-9)27-3/h4-8H,1-3H3,(H,21,26). The van der Waals surface area contributed by atoms with Gasteiger partial charge in [0.05, 0.1) is 13.2 Å². The fraction of sp³-hybridized carbons (Fsp3) is 0.312. The molecule has 28 heavy (non-hydrogen) atoms. The molecule has 1 atom stereocenters. The second kappa shape index (κ2) is 7.29. The van der Waals surface area contributed by atoms with Crippen LogP contribution in [0.5, 0.6) is 5.88 Å². The van der Waals surface area contributed by atoms with Crippen LogP contribution in [-0.4, -0.2) is 37.9 Å². The predicted molar refractivity (Wildman–Crippen MR) is 88.2 cm³/mol. The maximum absolute atomic E-state index is 12.7. The summed E-state index contributed by atoms with van der Waals surface area (Å²) in [6, 6.07) is 3.18. The van der Waals surface area contributed by atoms with Gasteiger partial charge >= 0.3 is 6.18 Å². The first kappa shape index (κ1) is 19.3. The van der Waals surface area contributed by atoms with Gasteiger partial charge in [0.15, 0.2) is 11.5 Å². The van der Waals surface area contributed by atoms with Gasteiger partial charge < -0.3 is 14.6 Å². The largest absolute Gasteiger partial charge is 0.481 e. The number of amides is 1. The van der Waals surface area contributed by atoms with Crippen molar-refractivity contribution in [1.82, 2.24) is 30.2 Å². The first-order valence-corrected chi connectivity index (χ1v) is 7.95. The molecule has 0 bridgehead atoms. The Balaban J connectivity index is 1.75. The van der Waals surface area contributed by atoms with Crippen molar-refractivity contribution in [2.24, 2.45) is 7.05 Å². The Kier molecular flexibility index (Phi) is 5.03. The first-order valence-electron chi connectivity index (χ1n) is 7.95. The van der Waals surface area contributed by atoms with Crippen molar-refractivity contribution in [2.75, 3.05) is 7.11 Å². The van der Waals surface area contributed by atoms with Crippen LogP contribution in [0, 0.1) is 0 Å². The Hall–Kier alpha value is -3.44. The van der Waals surface area contributed by atoms with Gasteiger partial charge in [-0.1, -0.05) is 5.16 Å². The van der Waals surface area contributed by atoms with Crippen molar-refractivity contribution in [2.45, 2.75) is 19.1 Å². The summed E-state index contributed by atoms with van der Waals surface area (Å²) in [6.45, 7) is 1.57. The number of aryl methyl sites for hydroxylation is 1. The summed E-state index contributed by atoms with van der Waals surface area (Å²) in [5, 5.41) is 9.62. The van der Waals surface area contributed by atoms with E-state index < -0.39 is 23.8 Å². The number of methoxy groups -OCH3 is 1. The number of nitrogens with zero attached hydrogens (tertiary/aromatic N) is 5. The van der Waals surface area contributed by atoms with Crippen LogP contribution in [-0.2, 0) is 13.2 Å². The molecule has 0 spiro atoms. The van der Waals surface area contributed by atoms with Crippen LogP contribution in [0.2, 0.25) is 0 Å². The van der Waals surface area contributed by atoms with E-state index in [1.807, 2.05) is 0 Å². The zero-order valence-electron chi connectivity index (χ0n) is 15.0. The molecule has 3 aromatic rings. The molecule has 3 aromatic heterocycles. The Morgan fingerprint density at radius 2 is 2.11 bits per heavy atom. The van der Waals surface area contributed by atoms with Crippen LogP contribution in [0.1, 0.15) is 35.0 Å². The molecule has 0 aliphatic carbocycles. The lowest BCUT2D eigenvalue weighted by Gasteiger charge is -2.09. The molecule has 1 N–H and O–H groups in total. The van der Waals surface area contributed by atoms with E-state index in [9.17, 15) is 18.0 Å². The third kappa shape index (κ3) is 3.94. The molecular formula is C16H15F3N6O3. The summed E-state index contributed by atoms with van der Waals surface area (Å²) < 4.78 is 49.3. The Bertz CT molecular complexity index is 998. The number of hydrogen-bond donors (Lipinski definition) is 1. The number of alkyl halides is 3. The topological polar surface area (TPSA) is 108 Å². The van der Waals surface area contributed by atoms with Crippen LogP contribution in [0.25, 0.3) is 11.5 Å². The van der Waals surface area contributed by atoms with E-state index in [1.54, 1.807) is 19.1 Å². The minimum Gasteiger partial charge on any atom is -0.481 e. The van der Waals surface area contributed by atoms with E-state index >= 15 is 0 Å². The van der Waals surface area contributed by atoms with Crippen molar-refractivity contribution in [3.63, 3.8) is 0 Å². The fourth-order valence-corrected chi connectivity index (χ4v) is 2.34. The van der Waals surface area contributed by atoms with E-state index in [2.05, 4.69) is 25.5 Å². The summed E-state index contributed by atoms with van der Waals surface area (Å²) in [6.07, 6.45) is -3.14. The predicted octanol–water partition coefficient (Wildman–Crippen LogP) is 2.38. The van der Waals surface area contributed by atoms with Gasteiger partial charge in [0, 0.05) is 30.9 Å². The number of pyridine rings is 1. The molecule has 9 nitrogen and oxygen atoms in total. The van der Waals surface area contributed by atoms with Crippen LogP contribution < -0.4 is 10.1 Å². The molecule has 0 fully saturated rings. The average molecular weight is 396 g/mol. The maximum atomic E-state index is 12.7. The van der Waals surface area contributed by atoms with Crippen molar-refractivity contribution in [3.8, 4) is 17.3 Å². The number of ether oxygens (including phenoxy) is 1. The molecule has 12 heteroatoms. The van der Waals surface area contributed by atoms with Gasteiger partial charge in [0.25, 0.3) is 11.8 Å². The van der Waals surface area contributed by atoms with Gasteiger partial charge in [0.2, 0.25) is 5.88 Å². The summed E-state index contributed by atoms with van der Waals surface area (Å²) in [4.78, 5) is 20.5. The van der Waals surface area contributed by atoms with Gasteiger partial charge in [-0.2, -0.15) is 23.3 Å². The zero-order valence-corrected chi connectivity index (χ0v) is 15.0. The van der Waals surface area contributed by atoms with Crippen LogP contribution in [0.15, 0.2) is 28.9 Å². The number of nitrogens with one attached hydrogen (secondary N) is 1. The minimum atomic E-state index is -4.64. The minimum absolute atomic E-state index is 0.150. The molecule has 3 rings (SSSR count). The molecule has 1 unspecified atom stereocenters. The van der Waals surface area contributed by atoms with Crippen molar-refractivity contribution in [1.29, 1.82) is 0 Å². The fourth-order valence-electron chi connectivity index (χ4n) is 2.34. The van der Waals surface area contributed by atoms with Gasteiger partial charge in [-0.3, -0.25) is 9.48 Å². The van der Waals surface area contributed by atoms with E-state index in [0.29, 0.717) is 17.5 Å². The zero-order chi connectivity index (χ0) is 20.5. The van der Waals surface area contributed by atoms with Gasteiger partial charge in [-0.15, -0.1) is 0 Å². The third-order valence-electron chi connectivity index (χ3n) is 3.77. The second-order valence-electron chi connectivity index (χ2n) is 5.78. The highest BCUT2D eigenvalue weighted by Gasteiger charge is 2.35. The molecule has 148 valence electrons. The summed E-state index contributed by atoms with van der Waals surface area (Å²) in [7, 11) is 2.71. The SMILES string of the molecule is COc1cc(-c2nc(C(C)NC(=O)c3cc(C(F)(F)F)nn3C)no2)ccn1. The molecule has 0 aliphatic rings. The molecule has 1 amide bonds. The molecule has 0 radical (unpaired) electrons. The Labute approximate surface area is 156 Å². The van der Waals surface area contributed by atoms with Gasteiger partial charge in [0.1, 0.15) is 5.69 Å². The number of aromatic nitrogens is 5. The van der Waals surface area contributed by atoms with Crippen LogP contribution in [0.3, 0.4) is 0 Å². The van der Waals surface area contributed by atoms with E-state index in [-0.39, 0.29) is 17.4 Å². The number of halogens is 3. The second-order valence-corrected chi connectivity index (χ2v) is 5.78. The highest BCUT2D eigenvalue weighted by atomic mass is 19.4.